The molecule has 144 valence electrons. The molecule has 1 aliphatic heterocycles. The number of guanidine groups is 1. The van der Waals surface area contributed by atoms with Crippen LogP contribution in [0, 0.1) is 5.92 Å². The van der Waals surface area contributed by atoms with E-state index in [1.807, 2.05) is 19.1 Å². The minimum absolute atomic E-state index is 0.205. The van der Waals surface area contributed by atoms with Crippen molar-refractivity contribution < 1.29 is 13.9 Å². The molecule has 7 nitrogen and oxygen atoms in total. The summed E-state index contributed by atoms with van der Waals surface area (Å²) in [5, 5.41) is 7.07. The number of nitrogens with one attached hydrogen (secondary N) is 2. The van der Waals surface area contributed by atoms with Crippen molar-refractivity contribution in [3.05, 3.63) is 24.2 Å². The van der Waals surface area contributed by atoms with Gasteiger partial charge in [0.25, 0.3) is 0 Å². The van der Waals surface area contributed by atoms with Gasteiger partial charge < -0.3 is 24.7 Å². The third-order valence-electron chi connectivity index (χ3n) is 5.00. The minimum Gasteiger partial charge on any atom is -0.469 e. The first kappa shape index (κ1) is 18.6. The normalized spacial score (nSPS) is 23.6. The number of nitrogens with zero attached hydrogens (tertiary/aromatic N) is 2. The summed E-state index contributed by atoms with van der Waals surface area (Å²) in [5.41, 5.74) is 0. The van der Waals surface area contributed by atoms with E-state index in [1.165, 1.54) is 6.42 Å². The smallest absolute Gasteiger partial charge is 0.409 e. The number of ether oxygens (including phenoxy) is 1. The van der Waals surface area contributed by atoms with E-state index >= 15 is 0 Å². The standard InChI is InChI=1S/C19H30N4O3/c1-3-25-19(24)23-10-7-15(8-11-23)21-18(22-17-13-14(17)2)20-9-6-16-5-4-12-26-16/h4-5,12,14-15,17H,3,6-11,13H2,1-2H3,(H2,20,21,22). The summed E-state index contributed by atoms with van der Waals surface area (Å²) in [4.78, 5) is 18.3. The van der Waals surface area contributed by atoms with E-state index < -0.39 is 0 Å². The van der Waals surface area contributed by atoms with Crippen LogP contribution in [0.15, 0.2) is 27.8 Å². The lowest BCUT2D eigenvalue weighted by molar-refractivity contribution is 0.0963. The first-order valence-corrected chi connectivity index (χ1v) is 9.67. The fourth-order valence-electron chi connectivity index (χ4n) is 3.18. The van der Waals surface area contributed by atoms with Gasteiger partial charge in [-0.15, -0.1) is 0 Å². The van der Waals surface area contributed by atoms with Gasteiger partial charge >= 0.3 is 6.09 Å². The predicted octanol–water partition coefficient (Wildman–Crippen LogP) is 2.39. The molecule has 0 radical (unpaired) electrons. The van der Waals surface area contributed by atoms with E-state index in [4.69, 9.17) is 14.1 Å². The fourth-order valence-corrected chi connectivity index (χ4v) is 3.18. The Morgan fingerprint density at radius 3 is 2.77 bits per heavy atom. The summed E-state index contributed by atoms with van der Waals surface area (Å²) in [6.45, 7) is 6.63. The first-order valence-electron chi connectivity index (χ1n) is 9.67. The van der Waals surface area contributed by atoms with Gasteiger partial charge in [0.05, 0.1) is 12.9 Å². The van der Waals surface area contributed by atoms with Crippen LogP contribution in [0.4, 0.5) is 4.79 Å². The van der Waals surface area contributed by atoms with Gasteiger partial charge in [-0.1, -0.05) is 6.92 Å². The largest absolute Gasteiger partial charge is 0.469 e. The SMILES string of the molecule is CCOC(=O)N1CCC(NC(=NCCc2ccco2)NC2CC2C)CC1. The molecular formula is C19H30N4O3. The molecule has 26 heavy (non-hydrogen) atoms. The molecule has 1 aromatic rings. The van der Waals surface area contributed by atoms with Crippen LogP contribution in [0.1, 0.15) is 38.9 Å². The summed E-state index contributed by atoms with van der Waals surface area (Å²) in [6.07, 6.45) is 5.28. The number of aliphatic imine (C=N–C) groups is 1. The summed E-state index contributed by atoms with van der Waals surface area (Å²) >= 11 is 0. The van der Waals surface area contributed by atoms with Gasteiger partial charge in [0.2, 0.25) is 0 Å². The number of furan rings is 1. The number of likely N-dealkylation sites (tertiary alicyclic amines) is 1. The van der Waals surface area contributed by atoms with Gasteiger partial charge in [-0.25, -0.2) is 4.79 Å². The number of carbonyl (C=O) groups is 1. The van der Waals surface area contributed by atoms with Gasteiger partial charge in [-0.2, -0.15) is 0 Å². The van der Waals surface area contributed by atoms with Crippen LogP contribution >= 0.6 is 0 Å². The van der Waals surface area contributed by atoms with Crippen LogP contribution in [0.25, 0.3) is 0 Å². The topological polar surface area (TPSA) is 79.1 Å². The third-order valence-corrected chi connectivity index (χ3v) is 5.00. The molecule has 2 atom stereocenters. The molecule has 2 N–H and O–H groups in total. The maximum absolute atomic E-state index is 11.8. The van der Waals surface area contributed by atoms with Crippen LogP contribution in [0.5, 0.6) is 0 Å². The molecule has 2 fully saturated rings. The molecule has 2 aliphatic rings. The fraction of sp³-hybridized carbons (Fsp3) is 0.684. The Hall–Kier alpha value is -2.18. The van der Waals surface area contributed by atoms with Crippen LogP contribution in [-0.4, -0.2) is 55.3 Å². The van der Waals surface area contributed by atoms with Gasteiger partial charge in [0.1, 0.15) is 5.76 Å². The van der Waals surface area contributed by atoms with E-state index in [9.17, 15) is 4.79 Å². The molecule has 0 aromatic carbocycles. The second-order valence-corrected chi connectivity index (χ2v) is 7.13. The predicted molar refractivity (Wildman–Crippen MR) is 100 cm³/mol. The Labute approximate surface area is 155 Å². The molecule has 0 bridgehead atoms. The molecule has 7 heteroatoms. The number of piperidine rings is 1. The number of hydrogen-bond donors (Lipinski definition) is 2. The van der Waals surface area contributed by atoms with Crippen molar-refractivity contribution in [2.75, 3.05) is 26.2 Å². The maximum Gasteiger partial charge on any atom is 0.409 e. The van der Waals surface area contributed by atoms with E-state index in [-0.39, 0.29) is 6.09 Å². The zero-order valence-electron chi connectivity index (χ0n) is 15.7. The average molecular weight is 362 g/mol. The summed E-state index contributed by atoms with van der Waals surface area (Å²) < 4.78 is 10.5. The zero-order valence-corrected chi connectivity index (χ0v) is 15.7. The molecule has 1 aliphatic carbocycles. The lowest BCUT2D eigenvalue weighted by atomic mass is 10.1. The summed E-state index contributed by atoms with van der Waals surface area (Å²) in [5.74, 6) is 2.54. The second-order valence-electron chi connectivity index (χ2n) is 7.13. The quantitative estimate of drug-likeness (QED) is 0.600. The van der Waals surface area contributed by atoms with Crippen molar-refractivity contribution in [3.8, 4) is 0 Å². The lowest BCUT2D eigenvalue weighted by Crippen LogP contribution is -2.50. The van der Waals surface area contributed by atoms with Crippen molar-refractivity contribution in [1.29, 1.82) is 0 Å². The summed E-state index contributed by atoms with van der Waals surface area (Å²) in [7, 11) is 0. The zero-order chi connectivity index (χ0) is 18.4. The molecule has 1 amide bonds. The molecule has 2 unspecified atom stereocenters. The van der Waals surface area contributed by atoms with E-state index in [1.54, 1.807) is 11.2 Å². The number of hydrogen-bond acceptors (Lipinski definition) is 4. The highest BCUT2D eigenvalue weighted by molar-refractivity contribution is 5.80. The second kappa shape index (κ2) is 8.96. The van der Waals surface area contributed by atoms with Crippen molar-refractivity contribution in [3.63, 3.8) is 0 Å². The lowest BCUT2D eigenvalue weighted by Gasteiger charge is -2.32. The average Bonchev–Trinajstić information content (AvgIpc) is 3.09. The molecule has 1 aromatic heterocycles. The van der Waals surface area contributed by atoms with Gasteiger partial charge in [0.15, 0.2) is 5.96 Å². The van der Waals surface area contributed by atoms with Crippen molar-refractivity contribution in [1.82, 2.24) is 15.5 Å². The van der Waals surface area contributed by atoms with E-state index in [2.05, 4.69) is 17.6 Å². The Kier molecular flexibility index (Phi) is 6.41. The molecule has 2 heterocycles. The molecule has 3 rings (SSSR count). The number of rotatable bonds is 6. The Morgan fingerprint density at radius 2 is 2.15 bits per heavy atom. The van der Waals surface area contributed by atoms with E-state index in [0.717, 1.165) is 44.1 Å². The third kappa shape index (κ3) is 5.41. The Balaban J connectivity index is 1.48. The Morgan fingerprint density at radius 1 is 1.38 bits per heavy atom. The molecule has 1 saturated carbocycles. The molecule has 1 saturated heterocycles. The van der Waals surface area contributed by atoms with Gasteiger partial charge in [-0.3, -0.25) is 4.99 Å². The van der Waals surface area contributed by atoms with Gasteiger partial charge in [0, 0.05) is 38.1 Å². The highest BCUT2D eigenvalue weighted by Gasteiger charge is 2.34. The number of amides is 1. The Bertz CT molecular complexity index is 594. The first-order chi connectivity index (χ1) is 12.7. The highest BCUT2D eigenvalue weighted by Crippen LogP contribution is 2.28. The number of carbonyl (C=O) groups excluding carboxylic acids is 1. The maximum atomic E-state index is 11.8. The summed E-state index contributed by atoms with van der Waals surface area (Å²) in [6, 6.07) is 4.72. The van der Waals surface area contributed by atoms with Gasteiger partial charge in [-0.05, 0) is 44.2 Å². The van der Waals surface area contributed by atoms with Crippen molar-refractivity contribution >= 4 is 12.1 Å². The van der Waals surface area contributed by atoms with Crippen LogP contribution in [-0.2, 0) is 11.2 Å². The monoisotopic (exact) mass is 362 g/mol. The molecular weight excluding hydrogens is 332 g/mol. The van der Waals surface area contributed by atoms with Crippen LogP contribution < -0.4 is 10.6 Å². The van der Waals surface area contributed by atoms with Crippen molar-refractivity contribution in [2.45, 2.75) is 51.6 Å². The minimum atomic E-state index is -0.205. The van der Waals surface area contributed by atoms with Crippen LogP contribution in [0.2, 0.25) is 0 Å². The van der Waals surface area contributed by atoms with Crippen LogP contribution in [0.3, 0.4) is 0 Å². The van der Waals surface area contributed by atoms with E-state index in [0.29, 0.717) is 31.2 Å². The van der Waals surface area contributed by atoms with Crippen molar-refractivity contribution in [2.24, 2.45) is 10.9 Å². The molecule has 0 spiro atoms. The highest BCUT2D eigenvalue weighted by atomic mass is 16.6.